The van der Waals surface area contributed by atoms with Gasteiger partial charge in [0.25, 0.3) is 0 Å². The molecule has 0 saturated carbocycles. The maximum atomic E-state index is 11.7. The van der Waals surface area contributed by atoms with Crippen molar-refractivity contribution in [3.63, 3.8) is 0 Å². The molecule has 1 atom stereocenters. The lowest BCUT2D eigenvalue weighted by Crippen LogP contribution is -2.43. The fraction of sp³-hybridized carbons (Fsp3) is 0.533. The predicted octanol–water partition coefficient (Wildman–Crippen LogP) is 1.83. The van der Waals surface area contributed by atoms with Gasteiger partial charge in [-0.2, -0.15) is 0 Å². The first-order valence-electron chi connectivity index (χ1n) is 6.94. The van der Waals surface area contributed by atoms with Crippen LogP contribution in [0, 0.1) is 0 Å². The van der Waals surface area contributed by atoms with Crippen molar-refractivity contribution in [3.8, 4) is 0 Å². The van der Waals surface area contributed by atoms with Gasteiger partial charge in [-0.3, -0.25) is 9.69 Å². The van der Waals surface area contributed by atoms with Crippen LogP contribution in [0.4, 0.5) is 0 Å². The van der Waals surface area contributed by atoms with Gasteiger partial charge in [-0.1, -0.05) is 37.3 Å². The van der Waals surface area contributed by atoms with Gasteiger partial charge in [0.1, 0.15) is 0 Å². The molecule has 4 heteroatoms. The highest BCUT2D eigenvalue weighted by Gasteiger charge is 2.19. The molecule has 106 valence electrons. The van der Waals surface area contributed by atoms with E-state index >= 15 is 0 Å². The Morgan fingerprint density at radius 2 is 2.05 bits per heavy atom. The summed E-state index contributed by atoms with van der Waals surface area (Å²) in [6.07, 6.45) is 0.520. The molecule has 0 spiro atoms. The summed E-state index contributed by atoms with van der Waals surface area (Å²) in [5.41, 5.74) is 1.16. The van der Waals surface area contributed by atoms with Crippen molar-refractivity contribution >= 4 is 5.91 Å². The molecule has 1 aliphatic heterocycles. The zero-order valence-corrected chi connectivity index (χ0v) is 11.5. The molecule has 4 nitrogen and oxygen atoms in total. The fourth-order valence-electron chi connectivity index (χ4n) is 2.26. The van der Waals surface area contributed by atoms with Gasteiger partial charge < -0.3 is 10.1 Å². The number of morpholine rings is 1. The SMILES string of the molecule is CCC(=O)N[C@H](CN1CCOCC1)c1ccccc1.[HH]. The molecule has 1 aromatic carbocycles. The minimum atomic E-state index is 0. The minimum Gasteiger partial charge on any atom is -0.379 e. The summed E-state index contributed by atoms with van der Waals surface area (Å²) >= 11 is 0. The van der Waals surface area contributed by atoms with E-state index in [1.165, 1.54) is 0 Å². The third kappa shape index (κ3) is 4.33. The quantitative estimate of drug-likeness (QED) is 0.882. The molecule has 1 fully saturated rings. The smallest absolute Gasteiger partial charge is 0.220 e. The van der Waals surface area contributed by atoms with E-state index in [-0.39, 0.29) is 13.4 Å². The Morgan fingerprint density at radius 3 is 2.68 bits per heavy atom. The van der Waals surface area contributed by atoms with E-state index in [4.69, 9.17) is 4.74 Å². The summed E-state index contributed by atoms with van der Waals surface area (Å²) < 4.78 is 5.36. The Bertz CT molecular complexity index is 394. The Morgan fingerprint density at radius 1 is 1.37 bits per heavy atom. The molecule has 1 saturated heterocycles. The van der Waals surface area contributed by atoms with Gasteiger partial charge in [0, 0.05) is 27.5 Å². The van der Waals surface area contributed by atoms with Crippen molar-refractivity contribution in [2.75, 3.05) is 32.8 Å². The van der Waals surface area contributed by atoms with E-state index in [1.54, 1.807) is 0 Å². The monoisotopic (exact) mass is 264 g/mol. The Hall–Kier alpha value is -1.39. The molecule has 1 aromatic rings. The molecule has 1 heterocycles. The molecule has 2 rings (SSSR count). The van der Waals surface area contributed by atoms with Crippen LogP contribution in [0.25, 0.3) is 0 Å². The van der Waals surface area contributed by atoms with Gasteiger partial charge in [0.2, 0.25) is 5.91 Å². The highest BCUT2D eigenvalue weighted by Crippen LogP contribution is 2.15. The number of carbonyl (C=O) groups is 1. The standard InChI is InChI=1S/C15H22N2O2.H2/c1-2-15(18)16-14(13-6-4-3-5-7-13)12-17-8-10-19-11-9-17;/h3-7,14H,2,8-12H2,1H3,(H,16,18);1H/t14-;/m1./s1. The van der Waals surface area contributed by atoms with Gasteiger partial charge in [0.15, 0.2) is 0 Å². The summed E-state index contributed by atoms with van der Waals surface area (Å²) in [6.45, 7) is 6.16. The number of benzene rings is 1. The lowest BCUT2D eigenvalue weighted by Gasteiger charge is -2.31. The Balaban J connectivity index is 0.00000200. The van der Waals surface area contributed by atoms with Crippen LogP contribution in [-0.4, -0.2) is 43.7 Å². The zero-order valence-electron chi connectivity index (χ0n) is 11.5. The predicted molar refractivity (Wildman–Crippen MR) is 77.0 cm³/mol. The molecule has 0 bridgehead atoms. The van der Waals surface area contributed by atoms with E-state index in [0.29, 0.717) is 6.42 Å². The van der Waals surface area contributed by atoms with Crippen LogP contribution in [0.3, 0.4) is 0 Å². The average Bonchev–Trinajstić information content (AvgIpc) is 2.48. The minimum absolute atomic E-state index is 0. The van der Waals surface area contributed by atoms with Crippen LogP contribution >= 0.6 is 0 Å². The first-order valence-corrected chi connectivity index (χ1v) is 6.94. The topological polar surface area (TPSA) is 41.6 Å². The lowest BCUT2D eigenvalue weighted by molar-refractivity contribution is -0.121. The van der Waals surface area contributed by atoms with Crippen molar-refractivity contribution in [1.82, 2.24) is 10.2 Å². The highest BCUT2D eigenvalue weighted by molar-refractivity contribution is 5.76. The number of ether oxygens (including phenoxy) is 1. The largest absolute Gasteiger partial charge is 0.379 e. The molecule has 0 unspecified atom stereocenters. The molecular formula is C15H24N2O2. The summed E-state index contributed by atoms with van der Waals surface area (Å²) in [6, 6.07) is 10.2. The normalized spacial score (nSPS) is 17.9. The number of nitrogens with one attached hydrogen (secondary N) is 1. The first kappa shape index (κ1) is 14.0. The fourth-order valence-corrected chi connectivity index (χ4v) is 2.26. The zero-order chi connectivity index (χ0) is 13.5. The molecule has 0 radical (unpaired) electrons. The van der Waals surface area contributed by atoms with E-state index in [0.717, 1.165) is 38.4 Å². The molecule has 1 aliphatic rings. The highest BCUT2D eigenvalue weighted by atomic mass is 16.5. The van der Waals surface area contributed by atoms with E-state index in [1.807, 2.05) is 25.1 Å². The summed E-state index contributed by atoms with van der Waals surface area (Å²) in [7, 11) is 0. The van der Waals surface area contributed by atoms with Gasteiger partial charge in [-0.15, -0.1) is 0 Å². The maximum absolute atomic E-state index is 11.7. The third-order valence-electron chi connectivity index (χ3n) is 3.40. The van der Waals surface area contributed by atoms with Crippen molar-refractivity contribution < 1.29 is 11.0 Å². The van der Waals surface area contributed by atoms with Crippen LogP contribution < -0.4 is 5.32 Å². The van der Waals surface area contributed by atoms with E-state index < -0.39 is 0 Å². The van der Waals surface area contributed by atoms with Crippen molar-refractivity contribution in [2.24, 2.45) is 0 Å². The van der Waals surface area contributed by atoms with Crippen LogP contribution in [0.2, 0.25) is 0 Å². The summed E-state index contributed by atoms with van der Waals surface area (Å²) in [5, 5.41) is 3.11. The van der Waals surface area contributed by atoms with E-state index in [9.17, 15) is 4.79 Å². The van der Waals surface area contributed by atoms with Gasteiger partial charge >= 0.3 is 0 Å². The van der Waals surface area contributed by atoms with Crippen LogP contribution in [-0.2, 0) is 9.53 Å². The van der Waals surface area contributed by atoms with Crippen LogP contribution in [0.1, 0.15) is 26.4 Å². The third-order valence-corrected chi connectivity index (χ3v) is 3.40. The van der Waals surface area contributed by atoms with Gasteiger partial charge in [-0.25, -0.2) is 0 Å². The number of carbonyl (C=O) groups excluding carboxylic acids is 1. The number of amides is 1. The summed E-state index contributed by atoms with van der Waals surface area (Å²) in [5.74, 6) is 0.0992. The van der Waals surface area contributed by atoms with Crippen LogP contribution in [0.15, 0.2) is 30.3 Å². The second-order valence-corrected chi connectivity index (χ2v) is 4.80. The molecule has 1 N–H and O–H groups in total. The first-order chi connectivity index (χ1) is 9.29. The second kappa shape index (κ2) is 7.26. The Kier molecular flexibility index (Phi) is 5.36. The molecule has 1 amide bonds. The molecule has 0 aromatic heterocycles. The number of hydrogen-bond acceptors (Lipinski definition) is 3. The average molecular weight is 264 g/mol. The van der Waals surface area contributed by atoms with Crippen LogP contribution in [0.5, 0.6) is 0 Å². The maximum Gasteiger partial charge on any atom is 0.220 e. The number of nitrogens with zero attached hydrogens (tertiary/aromatic N) is 1. The summed E-state index contributed by atoms with van der Waals surface area (Å²) in [4.78, 5) is 14.0. The molecule has 0 aliphatic carbocycles. The number of rotatable bonds is 5. The molecular weight excluding hydrogens is 240 g/mol. The van der Waals surface area contributed by atoms with Gasteiger partial charge in [0.05, 0.1) is 19.3 Å². The molecule has 19 heavy (non-hydrogen) atoms. The van der Waals surface area contributed by atoms with Gasteiger partial charge in [-0.05, 0) is 5.56 Å². The van der Waals surface area contributed by atoms with Crippen molar-refractivity contribution in [2.45, 2.75) is 19.4 Å². The van der Waals surface area contributed by atoms with E-state index in [2.05, 4.69) is 22.3 Å². The lowest BCUT2D eigenvalue weighted by atomic mass is 10.1. The number of hydrogen-bond donors (Lipinski definition) is 1. The van der Waals surface area contributed by atoms with Crippen molar-refractivity contribution in [3.05, 3.63) is 35.9 Å². The second-order valence-electron chi connectivity index (χ2n) is 4.80. The van der Waals surface area contributed by atoms with Crippen molar-refractivity contribution in [1.29, 1.82) is 0 Å². The Labute approximate surface area is 116 Å².